The predicted octanol–water partition coefficient (Wildman–Crippen LogP) is 12.6. The first-order valence-electron chi connectivity index (χ1n) is 18.8. The Kier molecular flexibility index (Phi) is 7.08. The molecular formula is C52H33N3. The molecule has 0 atom stereocenters. The van der Waals surface area contributed by atoms with Gasteiger partial charge in [-0.2, -0.15) is 0 Å². The molecule has 0 radical (unpaired) electrons. The van der Waals surface area contributed by atoms with Crippen molar-refractivity contribution < 1.29 is 0 Å². The quantitative estimate of drug-likeness (QED) is 0.179. The predicted molar refractivity (Wildman–Crippen MR) is 223 cm³/mol. The van der Waals surface area contributed by atoms with Crippen LogP contribution in [-0.4, -0.2) is 15.0 Å². The smallest absolute Gasteiger partial charge is 0.160 e. The monoisotopic (exact) mass is 699 g/mol. The highest BCUT2D eigenvalue weighted by Crippen LogP contribution is 2.63. The number of benzene rings is 7. The van der Waals surface area contributed by atoms with Gasteiger partial charge in [0.1, 0.15) is 0 Å². The summed E-state index contributed by atoms with van der Waals surface area (Å²) in [6.07, 6.45) is 1.90. The molecule has 0 N–H and O–H groups in total. The molecule has 0 saturated heterocycles. The van der Waals surface area contributed by atoms with Gasteiger partial charge in [-0.3, -0.25) is 4.98 Å². The zero-order valence-electron chi connectivity index (χ0n) is 29.9. The van der Waals surface area contributed by atoms with Crippen LogP contribution >= 0.6 is 0 Å². The maximum Gasteiger partial charge on any atom is 0.160 e. The van der Waals surface area contributed by atoms with Crippen LogP contribution in [0.3, 0.4) is 0 Å². The van der Waals surface area contributed by atoms with Gasteiger partial charge in [0.2, 0.25) is 0 Å². The molecular weight excluding hydrogens is 667 g/mol. The van der Waals surface area contributed by atoms with Crippen molar-refractivity contribution in [2.75, 3.05) is 0 Å². The van der Waals surface area contributed by atoms with Crippen molar-refractivity contribution in [3.63, 3.8) is 0 Å². The largest absolute Gasteiger partial charge is 0.256 e. The molecule has 0 aliphatic heterocycles. The number of hydrogen-bond acceptors (Lipinski definition) is 3. The van der Waals surface area contributed by atoms with Gasteiger partial charge in [0.15, 0.2) is 5.82 Å². The summed E-state index contributed by atoms with van der Waals surface area (Å²) in [5.74, 6) is 0.708. The Labute approximate surface area is 320 Å². The molecule has 1 spiro atoms. The molecule has 2 aliphatic carbocycles. The molecule has 3 nitrogen and oxygen atoms in total. The zero-order valence-corrected chi connectivity index (χ0v) is 29.9. The summed E-state index contributed by atoms with van der Waals surface area (Å²) in [5, 5.41) is 0. The van der Waals surface area contributed by atoms with E-state index in [-0.39, 0.29) is 5.41 Å². The van der Waals surface area contributed by atoms with E-state index in [0.717, 1.165) is 50.5 Å². The number of aromatic nitrogens is 3. The van der Waals surface area contributed by atoms with Crippen molar-refractivity contribution in [2.24, 2.45) is 0 Å². The van der Waals surface area contributed by atoms with E-state index in [1.165, 1.54) is 44.5 Å². The summed E-state index contributed by atoms with van der Waals surface area (Å²) in [6.45, 7) is 0. The van der Waals surface area contributed by atoms with Crippen molar-refractivity contribution in [1.82, 2.24) is 15.0 Å². The minimum Gasteiger partial charge on any atom is -0.256 e. The topological polar surface area (TPSA) is 38.7 Å². The Balaban J connectivity index is 1.01. The maximum atomic E-state index is 5.05. The lowest BCUT2D eigenvalue weighted by Gasteiger charge is -2.30. The zero-order chi connectivity index (χ0) is 36.3. The van der Waals surface area contributed by atoms with Crippen molar-refractivity contribution in [3.05, 3.63) is 223 Å². The molecule has 7 aromatic carbocycles. The third-order valence-corrected chi connectivity index (χ3v) is 11.4. The van der Waals surface area contributed by atoms with Crippen molar-refractivity contribution in [1.29, 1.82) is 0 Å². The number of fused-ring (bicyclic) bond motifs is 10. The lowest BCUT2D eigenvalue weighted by molar-refractivity contribution is 0.794. The van der Waals surface area contributed by atoms with Crippen molar-refractivity contribution in [3.8, 4) is 78.5 Å². The summed E-state index contributed by atoms with van der Waals surface area (Å²) in [7, 11) is 0. The van der Waals surface area contributed by atoms with Gasteiger partial charge >= 0.3 is 0 Å². The van der Waals surface area contributed by atoms with E-state index in [2.05, 4.69) is 152 Å². The Morgan fingerprint density at radius 1 is 0.309 bits per heavy atom. The number of rotatable bonds is 5. The van der Waals surface area contributed by atoms with Crippen LogP contribution in [0.2, 0.25) is 0 Å². The standard InChI is InChI=1S/C52H33N3/c1-3-14-35(15-4-1)48-33-49(55-51(54-48)37-16-5-2-6-17-37)36-27-25-34(26-28-36)39-21-13-31-53-50(39)38-29-30-47-43(32-38)42-20-9-12-24-46(42)52(47)44-22-10-7-18-40(44)41-19-8-11-23-45(41)52/h1-33H. The second-order valence-electron chi connectivity index (χ2n) is 14.3. The van der Waals surface area contributed by atoms with Gasteiger partial charge in [0, 0.05) is 34.0 Å². The van der Waals surface area contributed by atoms with E-state index in [4.69, 9.17) is 15.0 Å². The number of pyridine rings is 1. The van der Waals surface area contributed by atoms with Gasteiger partial charge < -0.3 is 0 Å². The Morgan fingerprint density at radius 2 is 0.764 bits per heavy atom. The van der Waals surface area contributed by atoms with E-state index >= 15 is 0 Å². The van der Waals surface area contributed by atoms with Gasteiger partial charge in [-0.25, -0.2) is 9.97 Å². The lowest BCUT2D eigenvalue weighted by Crippen LogP contribution is -2.25. The first-order valence-corrected chi connectivity index (χ1v) is 18.8. The molecule has 256 valence electrons. The fourth-order valence-electron chi connectivity index (χ4n) is 9.00. The summed E-state index contributed by atoms with van der Waals surface area (Å²) in [4.78, 5) is 15.0. The highest BCUT2D eigenvalue weighted by Gasteiger charge is 2.51. The third-order valence-electron chi connectivity index (χ3n) is 11.4. The molecule has 0 bridgehead atoms. The van der Waals surface area contributed by atoms with Gasteiger partial charge in [0.25, 0.3) is 0 Å². The van der Waals surface area contributed by atoms with Gasteiger partial charge in [-0.1, -0.05) is 176 Å². The Morgan fingerprint density at radius 3 is 1.38 bits per heavy atom. The van der Waals surface area contributed by atoms with Crippen LogP contribution < -0.4 is 0 Å². The molecule has 0 amide bonds. The Bertz CT molecular complexity index is 2810. The van der Waals surface area contributed by atoms with E-state index in [9.17, 15) is 0 Å². The Hall–Kier alpha value is -7.23. The highest BCUT2D eigenvalue weighted by molar-refractivity contribution is 5.96. The summed E-state index contributed by atoms with van der Waals surface area (Å²) in [5.41, 5.74) is 19.3. The van der Waals surface area contributed by atoms with Crippen molar-refractivity contribution >= 4 is 0 Å². The molecule has 2 aromatic heterocycles. The molecule has 9 aromatic rings. The van der Waals surface area contributed by atoms with Crippen LogP contribution in [0.4, 0.5) is 0 Å². The van der Waals surface area contributed by atoms with Crippen LogP contribution in [-0.2, 0) is 5.41 Å². The molecule has 0 fully saturated rings. The van der Waals surface area contributed by atoms with Crippen LogP contribution in [0, 0.1) is 0 Å². The van der Waals surface area contributed by atoms with Crippen LogP contribution in [0.5, 0.6) is 0 Å². The molecule has 2 heterocycles. The fourth-order valence-corrected chi connectivity index (χ4v) is 9.00. The molecule has 11 rings (SSSR count). The van der Waals surface area contributed by atoms with Gasteiger partial charge in [-0.05, 0) is 68.3 Å². The average molecular weight is 700 g/mol. The maximum absolute atomic E-state index is 5.05. The second-order valence-corrected chi connectivity index (χ2v) is 14.3. The summed E-state index contributed by atoms with van der Waals surface area (Å²) < 4.78 is 0. The number of nitrogens with zero attached hydrogens (tertiary/aromatic N) is 3. The van der Waals surface area contributed by atoms with E-state index < -0.39 is 0 Å². The number of hydrogen-bond donors (Lipinski definition) is 0. The first kappa shape index (κ1) is 31.3. The third kappa shape index (κ3) is 4.80. The van der Waals surface area contributed by atoms with E-state index in [1.54, 1.807) is 0 Å². The first-order chi connectivity index (χ1) is 27.3. The van der Waals surface area contributed by atoms with Gasteiger partial charge in [-0.15, -0.1) is 0 Å². The normalized spacial score (nSPS) is 12.9. The molecule has 0 unspecified atom stereocenters. The van der Waals surface area contributed by atoms with Crippen LogP contribution in [0.25, 0.3) is 78.5 Å². The fraction of sp³-hybridized carbons (Fsp3) is 0.0192. The SMILES string of the molecule is c1ccc(-c2cc(-c3ccc(-c4cccnc4-c4ccc5c(c4)-c4ccccc4C54c5ccccc5-c5ccccc54)cc3)nc(-c3ccccc3)n2)cc1. The van der Waals surface area contributed by atoms with Crippen LogP contribution in [0.1, 0.15) is 22.3 Å². The molecule has 0 saturated carbocycles. The van der Waals surface area contributed by atoms with E-state index in [0.29, 0.717) is 5.82 Å². The summed E-state index contributed by atoms with van der Waals surface area (Å²) in [6, 6.07) is 69.3. The summed E-state index contributed by atoms with van der Waals surface area (Å²) >= 11 is 0. The molecule has 2 aliphatic rings. The lowest BCUT2D eigenvalue weighted by atomic mass is 9.70. The van der Waals surface area contributed by atoms with Crippen LogP contribution in [0.15, 0.2) is 200 Å². The second kappa shape index (κ2) is 12.4. The molecule has 3 heteroatoms. The molecule has 55 heavy (non-hydrogen) atoms. The minimum absolute atomic E-state index is 0.359. The van der Waals surface area contributed by atoms with E-state index in [1.807, 2.05) is 48.7 Å². The van der Waals surface area contributed by atoms with Gasteiger partial charge in [0.05, 0.1) is 22.5 Å². The average Bonchev–Trinajstić information content (AvgIpc) is 3.74. The highest BCUT2D eigenvalue weighted by atomic mass is 14.9. The van der Waals surface area contributed by atoms with Crippen molar-refractivity contribution in [2.45, 2.75) is 5.41 Å². The minimum atomic E-state index is -0.359.